The molecule has 3 aromatic carbocycles. The van der Waals surface area contributed by atoms with E-state index in [0.717, 1.165) is 11.1 Å². The van der Waals surface area contributed by atoms with Gasteiger partial charge in [0.1, 0.15) is 12.4 Å². The molecule has 0 saturated carbocycles. The standard InChI is InChI=1S/C28H36N2O6S/c1-2-33-17-18-34-19-20-35-21-22-36-25-13-15-26(16-14-25)37(31,32)30-28(24-11-7-4-8-12-24)27(29)23-9-5-3-6-10-23/h3-16,27-28,30H,2,17-22,29H2,1H3/t27-,28-/m1/s1. The van der Waals surface area contributed by atoms with Gasteiger partial charge in [0, 0.05) is 6.61 Å². The summed E-state index contributed by atoms with van der Waals surface area (Å²) in [4.78, 5) is 0.126. The Bertz CT molecular complexity index is 1130. The molecule has 0 aliphatic heterocycles. The maximum absolute atomic E-state index is 13.3. The fourth-order valence-corrected chi connectivity index (χ4v) is 4.88. The van der Waals surface area contributed by atoms with Gasteiger partial charge < -0.3 is 24.7 Å². The number of hydrogen-bond acceptors (Lipinski definition) is 7. The Kier molecular flexibility index (Phi) is 12.0. The summed E-state index contributed by atoms with van der Waals surface area (Å²) in [6.07, 6.45) is 0. The van der Waals surface area contributed by atoms with Gasteiger partial charge in [0.05, 0.1) is 50.0 Å². The molecule has 0 amide bonds. The molecule has 0 bridgehead atoms. The third-order valence-corrected chi connectivity index (χ3v) is 7.02. The van der Waals surface area contributed by atoms with Crippen molar-refractivity contribution in [1.29, 1.82) is 0 Å². The molecule has 37 heavy (non-hydrogen) atoms. The molecule has 3 aromatic rings. The van der Waals surface area contributed by atoms with Crippen molar-refractivity contribution >= 4 is 10.0 Å². The topological polar surface area (TPSA) is 109 Å². The summed E-state index contributed by atoms with van der Waals surface area (Å²) in [6, 6.07) is 23.8. The maximum Gasteiger partial charge on any atom is 0.241 e. The fourth-order valence-electron chi connectivity index (χ4n) is 3.63. The predicted octanol–water partition coefficient (Wildman–Crippen LogP) is 3.85. The summed E-state index contributed by atoms with van der Waals surface area (Å²) in [5.41, 5.74) is 8.15. The number of nitrogens with one attached hydrogen (secondary N) is 1. The molecule has 2 atom stereocenters. The Morgan fingerprint density at radius 2 is 1.22 bits per heavy atom. The monoisotopic (exact) mass is 528 g/mol. The minimum atomic E-state index is -3.85. The molecule has 3 rings (SSSR count). The molecular weight excluding hydrogens is 492 g/mol. The third-order valence-electron chi connectivity index (χ3n) is 5.56. The van der Waals surface area contributed by atoms with Crippen LogP contribution in [0.5, 0.6) is 5.75 Å². The van der Waals surface area contributed by atoms with Crippen LogP contribution in [0, 0.1) is 0 Å². The molecule has 8 nitrogen and oxygen atoms in total. The SMILES string of the molecule is CCOCCOCCOCCOc1ccc(S(=O)(=O)N[C@H](c2ccccc2)[C@H](N)c2ccccc2)cc1. The second kappa shape index (κ2) is 15.5. The second-order valence-electron chi connectivity index (χ2n) is 8.19. The van der Waals surface area contributed by atoms with Crippen LogP contribution in [0.2, 0.25) is 0 Å². The van der Waals surface area contributed by atoms with Crippen LogP contribution < -0.4 is 15.2 Å². The van der Waals surface area contributed by atoms with Crippen LogP contribution in [0.25, 0.3) is 0 Å². The van der Waals surface area contributed by atoms with Gasteiger partial charge in [-0.15, -0.1) is 0 Å². The molecule has 0 spiro atoms. The Labute approximate surface area is 219 Å². The lowest BCUT2D eigenvalue weighted by molar-refractivity contribution is 0.0114. The summed E-state index contributed by atoms with van der Waals surface area (Å²) < 4.78 is 51.0. The highest BCUT2D eigenvalue weighted by Crippen LogP contribution is 2.29. The van der Waals surface area contributed by atoms with Gasteiger partial charge in [-0.2, -0.15) is 0 Å². The van der Waals surface area contributed by atoms with E-state index in [0.29, 0.717) is 52.0 Å². The van der Waals surface area contributed by atoms with Crippen LogP contribution in [0.15, 0.2) is 89.8 Å². The van der Waals surface area contributed by atoms with E-state index in [1.807, 2.05) is 67.6 Å². The van der Waals surface area contributed by atoms with Gasteiger partial charge in [0.2, 0.25) is 10.0 Å². The Hall–Kier alpha value is -2.79. The normalized spacial score (nSPS) is 13.2. The van der Waals surface area contributed by atoms with E-state index in [4.69, 9.17) is 24.7 Å². The van der Waals surface area contributed by atoms with Crippen molar-refractivity contribution in [3.8, 4) is 5.75 Å². The highest BCUT2D eigenvalue weighted by Gasteiger charge is 2.27. The molecule has 0 aliphatic carbocycles. The smallest absolute Gasteiger partial charge is 0.241 e. The van der Waals surface area contributed by atoms with Gasteiger partial charge in [-0.05, 0) is 42.3 Å². The lowest BCUT2D eigenvalue weighted by atomic mass is 9.95. The van der Waals surface area contributed by atoms with Gasteiger partial charge in [-0.25, -0.2) is 13.1 Å². The van der Waals surface area contributed by atoms with E-state index in [2.05, 4.69) is 4.72 Å². The van der Waals surface area contributed by atoms with E-state index in [9.17, 15) is 8.42 Å². The van der Waals surface area contributed by atoms with Gasteiger partial charge in [0.25, 0.3) is 0 Å². The van der Waals surface area contributed by atoms with Crippen molar-refractivity contribution in [1.82, 2.24) is 4.72 Å². The fraction of sp³-hybridized carbons (Fsp3) is 0.357. The first kappa shape index (κ1) is 28.8. The average Bonchev–Trinajstić information content (AvgIpc) is 2.93. The molecule has 0 saturated heterocycles. The molecule has 0 fully saturated rings. The Morgan fingerprint density at radius 3 is 1.78 bits per heavy atom. The molecule has 0 aliphatic rings. The molecule has 3 N–H and O–H groups in total. The van der Waals surface area contributed by atoms with Crippen molar-refractivity contribution in [2.24, 2.45) is 5.73 Å². The Morgan fingerprint density at radius 1 is 0.703 bits per heavy atom. The highest BCUT2D eigenvalue weighted by molar-refractivity contribution is 7.89. The molecule has 0 unspecified atom stereocenters. The van der Waals surface area contributed by atoms with Crippen molar-refractivity contribution in [2.45, 2.75) is 23.9 Å². The summed E-state index contributed by atoms with van der Waals surface area (Å²) in [6.45, 7) is 5.43. The van der Waals surface area contributed by atoms with Crippen LogP contribution in [0.4, 0.5) is 0 Å². The second-order valence-corrected chi connectivity index (χ2v) is 9.90. The average molecular weight is 529 g/mol. The number of ether oxygens (including phenoxy) is 4. The van der Waals surface area contributed by atoms with Gasteiger partial charge in [-0.1, -0.05) is 60.7 Å². The highest BCUT2D eigenvalue weighted by atomic mass is 32.2. The van der Waals surface area contributed by atoms with Crippen LogP contribution in [-0.4, -0.2) is 54.7 Å². The molecule has 0 radical (unpaired) electrons. The largest absolute Gasteiger partial charge is 0.491 e. The quantitative estimate of drug-likeness (QED) is 0.256. The third kappa shape index (κ3) is 9.55. The Balaban J connectivity index is 1.53. The first-order valence-electron chi connectivity index (χ1n) is 12.3. The van der Waals surface area contributed by atoms with E-state index in [-0.39, 0.29) is 4.90 Å². The lowest BCUT2D eigenvalue weighted by Crippen LogP contribution is -2.36. The van der Waals surface area contributed by atoms with Crippen LogP contribution in [0.1, 0.15) is 30.1 Å². The zero-order valence-electron chi connectivity index (χ0n) is 21.1. The van der Waals surface area contributed by atoms with E-state index in [1.54, 1.807) is 12.1 Å². The van der Waals surface area contributed by atoms with Crippen LogP contribution in [-0.2, 0) is 24.2 Å². The first-order valence-corrected chi connectivity index (χ1v) is 13.8. The number of benzene rings is 3. The van der Waals surface area contributed by atoms with Crippen LogP contribution >= 0.6 is 0 Å². The lowest BCUT2D eigenvalue weighted by Gasteiger charge is -2.26. The first-order chi connectivity index (χ1) is 18.0. The number of rotatable bonds is 17. The van der Waals surface area contributed by atoms with Crippen molar-refractivity contribution in [3.05, 3.63) is 96.1 Å². The summed E-state index contributed by atoms with van der Waals surface area (Å²) in [5.74, 6) is 0.552. The molecule has 0 heterocycles. The van der Waals surface area contributed by atoms with E-state index in [1.165, 1.54) is 12.1 Å². The van der Waals surface area contributed by atoms with E-state index >= 15 is 0 Å². The van der Waals surface area contributed by atoms with Crippen molar-refractivity contribution < 1.29 is 27.4 Å². The predicted molar refractivity (Wildman–Crippen MR) is 143 cm³/mol. The summed E-state index contributed by atoms with van der Waals surface area (Å²) >= 11 is 0. The van der Waals surface area contributed by atoms with Crippen LogP contribution in [0.3, 0.4) is 0 Å². The molecular formula is C28H36N2O6S. The zero-order valence-corrected chi connectivity index (χ0v) is 21.9. The summed E-state index contributed by atoms with van der Waals surface area (Å²) in [7, 11) is -3.85. The zero-order chi connectivity index (χ0) is 26.3. The minimum absolute atomic E-state index is 0.126. The molecule has 200 valence electrons. The number of sulfonamides is 1. The van der Waals surface area contributed by atoms with Gasteiger partial charge in [-0.3, -0.25) is 0 Å². The maximum atomic E-state index is 13.3. The van der Waals surface area contributed by atoms with Gasteiger partial charge >= 0.3 is 0 Å². The summed E-state index contributed by atoms with van der Waals surface area (Å²) in [5, 5.41) is 0. The number of nitrogens with two attached hydrogens (primary N) is 1. The number of hydrogen-bond donors (Lipinski definition) is 2. The van der Waals surface area contributed by atoms with Crippen molar-refractivity contribution in [3.63, 3.8) is 0 Å². The van der Waals surface area contributed by atoms with Crippen molar-refractivity contribution in [2.75, 3.05) is 46.2 Å². The molecule has 0 aromatic heterocycles. The van der Waals surface area contributed by atoms with Gasteiger partial charge in [0.15, 0.2) is 0 Å². The molecule has 9 heteroatoms. The minimum Gasteiger partial charge on any atom is -0.491 e. The van der Waals surface area contributed by atoms with E-state index < -0.39 is 22.1 Å².